The fourth-order valence-electron chi connectivity index (χ4n) is 1.32. The van der Waals surface area contributed by atoms with E-state index >= 15 is 0 Å². The number of aliphatic hydroxyl groups excluding tert-OH is 1. The summed E-state index contributed by atoms with van der Waals surface area (Å²) in [5, 5.41) is 17.7. The van der Waals surface area contributed by atoms with Crippen LogP contribution < -0.4 is 0 Å². The predicted molar refractivity (Wildman–Crippen MR) is 68.0 cm³/mol. The van der Waals surface area contributed by atoms with Crippen LogP contribution in [0.1, 0.15) is 5.56 Å². The molecule has 0 amide bonds. The van der Waals surface area contributed by atoms with E-state index in [9.17, 15) is 0 Å². The van der Waals surface area contributed by atoms with Crippen molar-refractivity contribution < 1.29 is 5.11 Å². The van der Waals surface area contributed by atoms with Crippen molar-refractivity contribution in [2.45, 2.75) is 6.61 Å². The van der Waals surface area contributed by atoms with Crippen LogP contribution in [-0.2, 0) is 6.61 Å². The number of benzene rings is 2. The van der Waals surface area contributed by atoms with Crippen molar-refractivity contribution in [1.29, 1.82) is 0 Å². The topological polar surface area (TPSA) is 45.0 Å². The summed E-state index contributed by atoms with van der Waals surface area (Å²) >= 11 is 5.84. The van der Waals surface area contributed by atoms with E-state index in [1.54, 1.807) is 24.3 Å². The maximum absolute atomic E-state index is 8.90. The van der Waals surface area contributed by atoms with Gasteiger partial charge in [0.05, 0.1) is 18.0 Å². The van der Waals surface area contributed by atoms with Crippen molar-refractivity contribution in [1.82, 2.24) is 0 Å². The summed E-state index contributed by atoms with van der Waals surface area (Å²) < 4.78 is 0. The Hall–Kier alpha value is -1.71. The molecule has 1 N–H and O–H groups in total. The first-order chi connectivity index (χ1) is 8.28. The number of nitrogens with zero attached hydrogens (tertiary/aromatic N) is 2. The van der Waals surface area contributed by atoms with Gasteiger partial charge in [0.25, 0.3) is 0 Å². The Kier molecular flexibility index (Phi) is 3.85. The summed E-state index contributed by atoms with van der Waals surface area (Å²) in [4.78, 5) is 0. The fourth-order valence-corrected chi connectivity index (χ4v) is 1.51. The van der Waals surface area contributed by atoms with Crippen molar-refractivity contribution in [3.8, 4) is 0 Å². The summed E-state index contributed by atoms with van der Waals surface area (Å²) in [5.41, 5.74) is 2.30. The molecule has 0 saturated carbocycles. The molecule has 0 fully saturated rings. The van der Waals surface area contributed by atoms with Gasteiger partial charge in [-0.05, 0) is 35.9 Å². The third-order valence-corrected chi connectivity index (χ3v) is 2.44. The van der Waals surface area contributed by atoms with E-state index in [2.05, 4.69) is 10.2 Å². The van der Waals surface area contributed by atoms with Gasteiger partial charge < -0.3 is 5.11 Å². The Balaban J connectivity index is 2.14. The molecule has 0 radical (unpaired) electrons. The third kappa shape index (κ3) is 3.37. The molecular weight excluding hydrogens is 236 g/mol. The van der Waals surface area contributed by atoms with Gasteiger partial charge in [0.15, 0.2) is 0 Å². The highest BCUT2D eigenvalue weighted by Crippen LogP contribution is 2.21. The zero-order valence-electron chi connectivity index (χ0n) is 9.05. The molecular formula is C13H11ClN2O. The lowest BCUT2D eigenvalue weighted by atomic mass is 10.2. The molecule has 0 aliphatic rings. The molecule has 0 heterocycles. The molecule has 0 aliphatic carbocycles. The Morgan fingerprint density at radius 1 is 0.941 bits per heavy atom. The van der Waals surface area contributed by atoms with Gasteiger partial charge in [-0.1, -0.05) is 29.8 Å². The lowest BCUT2D eigenvalue weighted by Gasteiger charge is -1.96. The second-order valence-corrected chi connectivity index (χ2v) is 3.94. The number of aliphatic hydroxyl groups is 1. The van der Waals surface area contributed by atoms with Crippen molar-refractivity contribution in [3.63, 3.8) is 0 Å². The Morgan fingerprint density at radius 2 is 1.65 bits per heavy atom. The van der Waals surface area contributed by atoms with Crippen LogP contribution in [-0.4, -0.2) is 5.11 Å². The smallest absolute Gasteiger partial charge is 0.0871 e. The molecule has 17 heavy (non-hydrogen) atoms. The van der Waals surface area contributed by atoms with Crippen molar-refractivity contribution >= 4 is 23.0 Å². The van der Waals surface area contributed by atoms with Gasteiger partial charge in [-0.2, -0.15) is 10.2 Å². The Bertz CT molecular complexity index is 523. The SMILES string of the molecule is OCc1ccc(N=Nc2cccc(Cl)c2)cc1. The lowest BCUT2D eigenvalue weighted by molar-refractivity contribution is 0.282. The molecule has 0 spiro atoms. The van der Waals surface area contributed by atoms with Crippen LogP contribution in [0.5, 0.6) is 0 Å². The van der Waals surface area contributed by atoms with E-state index in [1.807, 2.05) is 24.3 Å². The first kappa shape index (κ1) is 11.8. The van der Waals surface area contributed by atoms with Gasteiger partial charge in [0.1, 0.15) is 0 Å². The van der Waals surface area contributed by atoms with Crippen LogP contribution >= 0.6 is 11.6 Å². The van der Waals surface area contributed by atoms with E-state index in [0.29, 0.717) is 10.7 Å². The van der Waals surface area contributed by atoms with Gasteiger partial charge in [0.2, 0.25) is 0 Å². The minimum atomic E-state index is 0.0334. The molecule has 0 atom stereocenters. The molecule has 3 nitrogen and oxygen atoms in total. The van der Waals surface area contributed by atoms with E-state index < -0.39 is 0 Å². The van der Waals surface area contributed by atoms with Crippen LogP contribution in [0.25, 0.3) is 0 Å². The molecule has 0 unspecified atom stereocenters. The third-order valence-electron chi connectivity index (χ3n) is 2.21. The van der Waals surface area contributed by atoms with Crippen LogP contribution in [0, 0.1) is 0 Å². The zero-order chi connectivity index (χ0) is 12.1. The van der Waals surface area contributed by atoms with Crippen molar-refractivity contribution in [2.75, 3.05) is 0 Å². The average Bonchev–Trinajstić information content (AvgIpc) is 2.37. The van der Waals surface area contributed by atoms with E-state index in [-0.39, 0.29) is 6.61 Å². The van der Waals surface area contributed by atoms with Gasteiger partial charge >= 0.3 is 0 Å². The first-order valence-electron chi connectivity index (χ1n) is 5.15. The molecule has 0 aliphatic heterocycles. The second-order valence-electron chi connectivity index (χ2n) is 3.50. The van der Waals surface area contributed by atoms with Crippen LogP contribution in [0.2, 0.25) is 5.02 Å². The molecule has 0 saturated heterocycles. The monoisotopic (exact) mass is 246 g/mol. The van der Waals surface area contributed by atoms with Gasteiger partial charge in [-0.3, -0.25) is 0 Å². The Morgan fingerprint density at radius 3 is 2.29 bits per heavy atom. The highest BCUT2D eigenvalue weighted by Gasteiger charge is 1.93. The molecule has 2 aromatic rings. The predicted octanol–water partition coefficient (Wildman–Crippen LogP) is 4.25. The summed E-state index contributed by atoms with van der Waals surface area (Å²) in [6, 6.07) is 14.4. The van der Waals surface area contributed by atoms with Gasteiger partial charge in [0, 0.05) is 5.02 Å². The molecule has 86 valence electrons. The highest BCUT2D eigenvalue weighted by atomic mass is 35.5. The van der Waals surface area contributed by atoms with Crippen molar-refractivity contribution in [2.24, 2.45) is 10.2 Å². The fraction of sp³-hybridized carbons (Fsp3) is 0.0769. The maximum Gasteiger partial charge on any atom is 0.0871 e. The molecule has 2 rings (SSSR count). The van der Waals surface area contributed by atoms with Crippen LogP contribution in [0.3, 0.4) is 0 Å². The Labute approximate surface area is 104 Å². The summed E-state index contributed by atoms with van der Waals surface area (Å²) in [6.45, 7) is 0.0334. The minimum absolute atomic E-state index is 0.0334. The van der Waals surface area contributed by atoms with Crippen LogP contribution in [0.4, 0.5) is 11.4 Å². The standard InChI is InChI=1S/C13H11ClN2O/c14-11-2-1-3-13(8-11)16-15-12-6-4-10(9-17)5-7-12/h1-8,17H,9H2. The second kappa shape index (κ2) is 5.57. The summed E-state index contributed by atoms with van der Waals surface area (Å²) in [6.07, 6.45) is 0. The number of azo groups is 1. The normalized spacial score (nSPS) is 10.9. The van der Waals surface area contributed by atoms with E-state index in [0.717, 1.165) is 11.3 Å². The number of hydrogen-bond donors (Lipinski definition) is 1. The van der Waals surface area contributed by atoms with E-state index in [1.165, 1.54) is 0 Å². The summed E-state index contributed by atoms with van der Waals surface area (Å²) in [7, 11) is 0. The van der Waals surface area contributed by atoms with Gasteiger partial charge in [-0.15, -0.1) is 0 Å². The van der Waals surface area contributed by atoms with Crippen LogP contribution in [0.15, 0.2) is 58.8 Å². The summed E-state index contributed by atoms with van der Waals surface area (Å²) in [5.74, 6) is 0. The number of halogens is 1. The molecule has 2 aromatic carbocycles. The molecule has 0 aromatic heterocycles. The van der Waals surface area contributed by atoms with Crippen molar-refractivity contribution in [3.05, 3.63) is 59.1 Å². The molecule has 0 bridgehead atoms. The van der Waals surface area contributed by atoms with Gasteiger partial charge in [-0.25, -0.2) is 0 Å². The zero-order valence-corrected chi connectivity index (χ0v) is 9.80. The average molecular weight is 247 g/mol. The molecule has 4 heteroatoms. The lowest BCUT2D eigenvalue weighted by Crippen LogP contribution is -1.79. The van der Waals surface area contributed by atoms with E-state index in [4.69, 9.17) is 16.7 Å². The number of rotatable bonds is 3. The quantitative estimate of drug-likeness (QED) is 0.809. The number of hydrogen-bond acceptors (Lipinski definition) is 3. The minimum Gasteiger partial charge on any atom is -0.392 e. The maximum atomic E-state index is 8.90. The first-order valence-corrected chi connectivity index (χ1v) is 5.53. The largest absolute Gasteiger partial charge is 0.392 e. The highest BCUT2D eigenvalue weighted by molar-refractivity contribution is 6.30.